The lowest BCUT2D eigenvalue weighted by atomic mass is 9.89. The third-order valence-electron chi connectivity index (χ3n) is 5.52. The van der Waals surface area contributed by atoms with Crippen molar-refractivity contribution in [2.45, 2.75) is 58.3 Å². The van der Waals surface area contributed by atoms with Crippen LogP contribution in [0.4, 0.5) is 0 Å². The number of allylic oxidation sites excluding steroid dienone is 1. The van der Waals surface area contributed by atoms with E-state index < -0.39 is 0 Å². The molecule has 2 aliphatic carbocycles. The molecule has 0 bridgehead atoms. The smallest absolute Gasteiger partial charge is 0.256 e. The number of aromatic nitrogens is 3. The average Bonchev–Trinajstić information content (AvgIpc) is 3.06. The molecule has 2 aromatic rings. The fourth-order valence-corrected chi connectivity index (χ4v) is 4.03. The third-order valence-corrected chi connectivity index (χ3v) is 5.52. The molecule has 0 saturated heterocycles. The van der Waals surface area contributed by atoms with Gasteiger partial charge in [-0.15, -0.1) is 0 Å². The van der Waals surface area contributed by atoms with Crippen molar-refractivity contribution in [1.29, 1.82) is 0 Å². The number of hydrogen-bond acceptors (Lipinski definition) is 3. The molecule has 1 atom stereocenters. The number of fused-ring (bicyclic) bond motifs is 3. The maximum absolute atomic E-state index is 12.6. The van der Waals surface area contributed by atoms with E-state index >= 15 is 0 Å². The number of carbonyl (C=O) groups excluding carboxylic acids is 1. The molecule has 0 saturated carbocycles. The predicted octanol–water partition coefficient (Wildman–Crippen LogP) is 3.47. The molecule has 0 fully saturated rings. The van der Waals surface area contributed by atoms with E-state index in [1.54, 1.807) is 6.20 Å². The molecule has 25 heavy (non-hydrogen) atoms. The van der Waals surface area contributed by atoms with E-state index in [1.807, 2.05) is 10.7 Å². The van der Waals surface area contributed by atoms with Crippen LogP contribution in [-0.4, -0.2) is 27.0 Å². The van der Waals surface area contributed by atoms with Gasteiger partial charge in [-0.1, -0.05) is 18.6 Å². The highest BCUT2D eigenvalue weighted by Gasteiger charge is 2.22. The van der Waals surface area contributed by atoms with Gasteiger partial charge < -0.3 is 5.32 Å². The minimum atomic E-state index is -0.0666. The molecular weight excluding hydrogens is 312 g/mol. The first-order valence-electron chi connectivity index (χ1n) is 9.53. The molecular formula is C20H26N4O. The summed E-state index contributed by atoms with van der Waals surface area (Å²) in [6.07, 6.45) is 15.1. The zero-order valence-corrected chi connectivity index (χ0v) is 14.9. The monoisotopic (exact) mass is 338 g/mol. The van der Waals surface area contributed by atoms with Gasteiger partial charge in [0.05, 0.1) is 6.20 Å². The van der Waals surface area contributed by atoms with Crippen LogP contribution in [0.3, 0.4) is 0 Å². The number of rotatable bonds is 4. The van der Waals surface area contributed by atoms with E-state index in [9.17, 15) is 4.79 Å². The van der Waals surface area contributed by atoms with E-state index in [1.165, 1.54) is 48.9 Å². The molecule has 0 spiro atoms. The number of amides is 1. The number of aryl methyl sites for hydroxylation is 1. The zero-order valence-electron chi connectivity index (χ0n) is 14.9. The van der Waals surface area contributed by atoms with Crippen LogP contribution in [0.15, 0.2) is 24.0 Å². The van der Waals surface area contributed by atoms with Crippen molar-refractivity contribution in [3.05, 3.63) is 40.9 Å². The lowest BCUT2D eigenvalue weighted by Crippen LogP contribution is -2.25. The Labute approximate surface area is 148 Å². The lowest BCUT2D eigenvalue weighted by molar-refractivity contribution is 0.0955. The van der Waals surface area contributed by atoms with E-state index in [4.69, 9.17) is 0 Å². The van der Waals surface area contributed by atoms with Gasteiger partial charge in [-0.3, -0.25) is 4.79 Å². The molecule has 1 N–H and O–H groups in total. The Kier molecular flexibility index (Phi) is 4.55. The van der Waals surface area contributed by atoms with Crippen molar-refractivity contribution < 1.29 is 4.79 Å². The first-order valence-corrected chi connectivity index (χ1v) is 9.53. The number of hydrogen-bond donors (Lipinski definition) is 1. The van der Waals surface area contributed by atoms with Crippen molar-refractivity contribution in [3.63, 3.8) is 0 Å². The number of nitrogens with zero attached hydrogens (tertiary/aromatic N) is 3. The van der Waals surface area contributed by atoms with Gasteiger partial charge in [0.1, 0.15) is 5.56 Å². The Hall–Kier alpha value is -2.17. The Bertz CT molecular complexity index is 820. The van der Waals surface area contributed by atoms with Gasteiger partial charge in [-0.25, -0.2) is 9.50 Å². The quantitative estimate of drug-likeness (QED) is 0.868. The second-order valence-electron chi connectivity index (χ2n) is 7.49. The highest BCUT2D eigenvalue weighted by Crippen LogP contribution is 2.26. The number of carbonyl (C=O) groups is 1. The highest BCUT2D eigenvalue weighted by molar-refractivity contribution is 5.99. The second kappa shape index (κ2) is 6.98. The van der Waals surface area contributed by atoms with Crippen LogP contribution in [0.25, 0.3) is 5.65 Å². The first kappa shape index (κ1) is 16.3. The van der Waals surface area contributed by atoms with Crippen LogP contribution in [0.2, 0.25) is 0 Å². The predicted molar refractivity (Wildman–Crippen MR) is 97.7 cm³/mol. The summed E-state index contributed by atoms with van der Waals surface area (Å²) in [6, 6.07) is 0. The summed E-state index contributed by atoms with van der Waals surface area (Å²) in [4.78, 5) is 17.1. The van der Waals surface area contributed by atoms with Gasteiger partial charge in [0.15, 0.2) is 5.65 Å². The largest absolute Gasteiger partial charge is 0.352 e. The zero-order chi connectivity index (χ0) is 17.2. The van der Waals surface area contributed by atoms with Gasteiger partial charge >= 0.3 is 0 Å². The summed E-state index contributed by atoms with van der Waals surface area (Å²) < 4.78 is 1.87. The molecule has 5 heteroatoms. The van der Waals surface area contributed by atoms with Crippen molar-refractivity contribution in [3.8, 4) is 0 Å². The topological polar surface area (TPSA) is 59.3 Å². The van der Waals surface area contributed by atoms with E-state index in [2.05, 4.69) is 28.4 Å². The van der Waals surface area contributed by atoms with E-state index in [0.29, 0.717) is 23.7 Å². The fourth-order valence-electron chi connectivity index (χ4n) is 4.03. The van der Waals surface area contributed by atoms with Gasteiger partial charge in [-0.05, 0) is 62.8 Å². The van der Waals surface area contributed by atoms with Crippen LogP contribution in [0.5, 0.6) is 0 Å². The third kappa shape index (κ3) is 3.32. The molecule has 5 nitrogen and oxygen atoms in total. The summed E-state index contributed by atoms with van der Waals surface area (Å²) in [6.45, 7) is 2.96. The van der Waals surface area contributed by atoms with Gasteiger partial charge in [0, 0.05) is 18.4 Å². The Morgan fingerprint density at radius 1 is 1.32 bits per heavy atom. The molecule has 0 radical (unpaired) electrons. The molecule has 2 aromatic heterocycles. The average molecular weight is 338 g/mol. The summed E-state index contributed by atoms with van der Waals surface area (Å²) in [5, 5.41) is 7.50. The van der Waals surface area contributed by atoms with Crippen LogP contribution in [0.1, 0.15) is 67.1 Å². The molecule has 4 rings (SSSR count). The number of nitrogens with one attached hydrogen (secondary N) is 1. The minimum Gasteiger partial charge on any atom is -0.352 e. The van der Waals surface area contributed by atoms with Crippen LogP contribution in [0, 0.1) is 5.92 Å². The Balaban J connectivity index is 1.47. The summed E-state index contributed by atoms with van der Waals surface area (Å²) in [5.41, 5.74) is 5.23. The van der Waals surface area contributed by atoms with Crippen molar-refractivity contribution >= 4 is 11.6 Å². The van der Waals surface area contributed by atoms with Crippen LogP contribution < -0.4 is 5.32 Å². The van der Waals surface area contributed by atoms with E-state index in [-0.39, 0.29) is 5.91 Å². The minimum absolute atomic E-state index is 0.0666. The molecule has 1 amide bonds. The Morgan fingerprint density at radius 2 is 2.24 bits per heavy atom. The SMILES string of the molecule is C[C@H]1CCc2c(cnc3c(C(=O)NCCC4=CCCCC4)cnn23)C1. The molecule has 0 aliphatic heterocycles. The Morgan fingerprint density at radius 3 is 3.08 bits per heavy atom. The second-order valence-corrected chi connectivity index (χ2v) is 7.49. The standard InChI is InChI=1S/C20H26N4O/c1-14-7-8-18-16(11-14)12-22-19-17(13-23-24(18)19)20(25)21-10-9-15-5-3-2-4-6-15/h5,12-14H,2-4,6-11H2,1H3,(H,21,25)/t14-/m0/s1. The summed E-state index contributed by atoms with van der Waals surface area (Å²) >= 11 is 0. The van der Waals surface area contributed by atoms with Crippen LogP contribution >= 0.6 is 0 Å². The highest BCUT2D eigenvalue weighted by atomic mass is 16.1. The molecule has 2 aliphatic rings. The van der Waals surface area contributed by atoms with Gasteiger partial charge in [-0.2, -0.15) is 5.10 Å². The molecule has 132 valence electrons. The molecule has 2 heterocycles. The first-order chi connectivity index (χ1) is 12.2. The van der Waals surface area contributed by atoms with Gasteiger partial charge in [0.25, 0.3) is 5.91 Å². The van der Waals surface area contributed by atoms with Crippen molar-refractivity contribution in [2.75, 3.05) is 6.54 Å². The molecule has 0 unspecified atom stereocenters. The maximum Gasteiger partial charge on any atom is 0.256 e. The van der Waals surface area contributed by atoms with Crippen LogP contribution in [-0.2, 0) is 12.8 Å². The molecule has 0 aromatic carbocycles. The lowest BCUT2D eigenvalue weighted by Gasteiger charge is -2.21. The van der Waals surface area contributed by atoms with Gasteiger partial charge in [0.2, 0.25) is 0 Å². The summed E-state index contributed by atoms with van der Waals surface area (Å²) in [5.74, 6) is 0.627. The fraction of sp³-hybridized carbons (Fsp3) is 0.550. The van der Waals surface area contributed by atoms with Crippen molar-refractivity contribution in [2.24, 2.45) is 5.92 Å². The normalized spacial score (nSPS) is 20.2. The maximum atomic E-state index is 12.6. The van der Waals surface area contributed by atoms with Crippen molar-refractivity contribution in [1.82, 2.24) is 19.9 Å². The summed E-state index contributed by atoms with van der Waals surface area (Å²) in [7, 11) is 0. The van der Waals surface area contributed by atoms with E-state index in [0.717, 1.165) is 19.3 Å².